The van der Waals surface area contributed by atoms with E-state index >= 15 is 0 Å². The second-order valence-electron chi connectivity index (χ2n) is 3.32. The number of esters is 1. The van der Waals surface area contributed by atoms with Crippen molar-refractivity contribution in [2.75, 3.05) is 12.4 Å². The minimum atomic E-state index is -0.138. The zero-order valence-corrected chi connectivity index (χ0v) is 11.6. The third-order valence-electron chi connectivity index (χ3n) is 1.93. The highest BCUT2D eigenvalue weighted by Gasteiger charge is 2.03. The Morgan fingerprint density at radius 2 is 2.06 bits per heavy atom. The van der Waals surface area contributed by atoms with Gasteiger partial charge in [-0.2, -0.15) is 0 Å². The largest absolute Gasteiger partial charge is 0.465 e. The standard InChI is InChI=1S/C12H15BrO2S/c1-2-3-8-15-12(14)9-16-11-6-4-10(13)5-7-11/h4-7H,2-3,8-9H2,1H3. The maximum Gasteiger partial charge on any atom is 0.316 e. The molecular formula is C12H15BrO2S. The minimum absolute atomic E-state index is 0.138. The maximum atomic E-state index is 11.3. The molecule has 1 aromatic carbocycles. The van der Waals surface area contributed by atoms with Crippen LogP contribution in [-0.2, 0) is 9.53 Å². The first-order valence-corrected chi connectivity index (χ1v) is 7.04. The number of unbranched alkanes of at least 4 members (excludes halogenated alkanes) is 1. The van der Waals surface area contributed by atoms with Gasteiger partial charge in [-0.1, -0.05) is 29.3 Å². The van der Waals surface area contributed by atoms with E-state index in [1.54, 1.807) is 0 Å². The van der Waals surface area contributed by atoms with Crippen LogP contribution >= 0.6 is 27.7 Å². The van der Waals surface area contributed by atoms with E-state index in [4.69, 9.17) is 4.74 Å². The quantitative estimate of drug-likeness (QED) is 0.453. The van der Waals surface area contributed by atoms with Gasteiger partial charge in [0.25, 0.3) is 0 Å². The van der Waals surface area contributed by atoms with E-state index in [2.05, 4.69) is 22.9 Å². The molecule has 0 aliphatic carbocycles. The van der Waals surface area contributed by atoms with Crippen LogP contribution in [0.4, 0.5) is 0 Å². The summed E-state index contributed by atoms with van der Waals surface area (Å²) in [7, 11) is 0. The van der Waals surface area contributed by atoms with Gasteiger partial charge in [-0.25, -0.2) is 0 Å². The summed E-state index contributed by atoms with van der Waals surface area (Å²) >= 11 is 4.87. The third kappa shape index (κ3) is 5.56. The van der Waals surface area contributed by atoms with Crippen molar-refractivity contribution >= 4 is 33.7 Å². The molecule has 0 saturated carbocycles. The molecule has 0 radical (unpaired) electrons. The monoisotopic (exact) mass is 302 g/mol. The van der Waals surface area contributed by atoms with E-state index < -0.39 is 0 Å². The molecule has 1 rings (SSSR count). The molecule has 0 amide bonds. The van der Waals surface area contributed by atoms with Crippen LogP contribution in [0.25, 0.3) is 0 Å². The maximum absolute atomic E-state index is 11.3. The zero-order valence-electron chi connectivity index (χ0n) is 9.24. The number of benzene rings is 1. The van der Waals surface area contributed by atoms with Crippen LogP contribution < -0.4 is 0 Å². The van der Waals surface area contributed by atoms with E-state index in [9.17, 15) is 4.79 Å². The molecule has 4 heteroatoms. The van der Waals surface area contributed by atoms with Crippen molar-refractivity contribution in [3.05, 3.63) is 28.7 Å². The molecule has 0 unspecified atom stereocenters. The lowest BCUT2D eigenvalue weighted by atomic mass is 10.4. The molecule has 0 N–H and O–H groups in total. The van der Waals surface area contributed by atoms with Gasteiger partial charge in [0, 0.05) is 9.37 Å². The van der Waals surface area contributed by atoms with Gasteiger partial charge in [0.2, 0.25) is 0 Å². The van der Waals surface area contributed by atoms with E-state index in [0.717, 1.165) is 22.2 Å². The predicted octanol–water partition coefficient (Wildman–Crippen LogP) is 3.88. The number of ether oxygens (including phenoxy) is 1. The molecule has 0 heterocycles. The summed E-state index contributed by atoms with van der Waals surface area (Å²) < 4.78 is 6.10. The molecule has 16 heavy (non-hydrogen) atoms. The number of hydrogen-bond acceptors (Lipinski definition) is 3. The Kier molecular flexibility index (Phi) is 6.57. The summed E-state index contributed by atoms with van der Waals surface area (Å²) in [5.74, 6) is 0.243. The average molecular weight is 303 g/mol. The molecule has 0 fully saturated rings. The summed E-state index contributed by atoms with van der Waals surface area (Å²) in [5, 5.41) is 0. The number of carbonyl (C=O) groups is 1. The van der Waals surface area contributed by atoms with E-state index in [-0.39, 0.29) is 5.97 Å². The van der Waals surface area contributed by atoms with Crippen LogP contribution in [0.15, 0.2) is 33.6 Å². The highest BCUT2D eigenvalue weighted by Crippen LogP contribution is 2.20. The number of halogens is 1. The zero-order chi connectivity index (χ0) is 11.8. The molecule has 0 aromatic heterocycles. The van der Waals surface area contributed by atoms with Gasteiger partial charge in [-0.05, 0) is 30.7 Å². The highest BCUT2D eigenvalue weighted by atomic mass is 79.9. The van der Waals surface area contributed by atoms with Crippen LogP contribution in [0, 0.1) is 0 Å². The Balaban J connectivity index is 2.23. The Hall–Kier alpha value is -0.480. The fourth-order valence-electron chi connectivity index (χ4n) is 1.05. The lowest BCUT2D eigenvalue weighted by Gasteiger charge is -2.03. The molecule has 0 bridgehead atoms. The molecule has 0 spiro atoms. The van der Waals surface area contributed by atoms with Gasteiger partial charge in [-0.3, -0.25) is 4.79 Å². The molecule has 0 saturated heterocycles. The Bertz CT molecular complexity index is 324. The normalized spacial score (nSPS) is 10.1. The van der Waals surface area contributed by atoms with Crippen molar-refractivity contribution in [2.24, 2.45) is 0 Å². The minimum Gasteiger partial charge on any atom is -0.465 e. The Morgan fingerprint density at radius 3 is 2.69 bits per heavy atom. The van der Waals surface area contributed by atoms with Gasteiger partial charge in [0.1, 0.15) is 0 Å². The summed E-state index contributed by atoms with van der Waals surface area (Å²) in [6.45, 7) is 2.61. The number of rotatable bonds is 6. The van der Waals surface area contributed by atoms with Crippen molar-refractivity contribution < 1.29 is 9.53 Å². The van der Waals surface area contributed by atoms with Gasteiger partial charge in [0.05, 0.1) is 12.4 Å². The number of thioether (sulfide) groups is 1. The number of hydrogen-bond donors (Lipinski definition) is 0. The predicted molar refractivity (Wildman–Crippen MR) is 70.7 cm³/mol. The van der Waals surface area contributed by atoms with Crippen LogP contribution in [0.3, 0.4) is 0 Å². The molecule has 1 aromatic rings. The Morgan fingerprint density at radius 1 is 1.38 bits per heavy atom. The topological polar surface area (TPSA) is 26.3 Å². The molecule has 0 aliphatic rings. The van der Waals surface area contributed by atoms with Crippen molar-refractivity contribution in [1.82, 2.24) is 0 Å². The first kappa shape index (κ1) is 13.6. The molecular weight excluding hydrogens is 288 g/mol. The molecule has 88 valence electrons. The SMILES string of the molecule is CCCCOC(=O)CSc1ccc(Br)cc1. The molecule has 2 nitrogen and oxygen atoms in total. The van der Waals surface area contributed by atoms with Crippen LogP contribution in [0.5, 0.6) is 0 Å². The van der Waals surface area contributed by atoms with Crippen molar-refractivity contribution in [1.29, 1.82) is 0 Å². The Labute approximate surface area is 109 Å². The van der Waals surface area contributed by atoms with Gasteiger partial charge >= 0.3 is 5.97 Å². The van der Waals surface area contributed by atoms with E-state index in [1.807, 2.05) is 24.3 Å². The van der Waals surface area contributed by atoms with Crippen LogP contribution in [-0.4, -0.2) is 18.3 Å². The van der Waals surface area contributed by atoms with Crippen molar-refractivity contribution in [2.45, 2.75) is 24.7 Å². The van der Waals surface area contributed by atoms with Crippen molar-refractivity contribution in [3.8, 4) is 0 Å². The smallest absolute Gasteiger partial charge is 0.316 e. The second-order valence-corrected chi connectivity index (χ2v) is 5.28. The fraction of sp³-hybridized carbons (Fsp3) is 0.417. The van der Waals surface area contributed by atoms with E-state index in [0.29, 0.717) is 12.4 Å². The second kappa shape index (κ2) is 7.74. The first-order chi connectivity index (χ1) is 7.72. The molecule has 0 aliphatic heterocycles. The lowest BCUT2D eigenvalue weighted by molar-refractivity contribution is -0.140. The molecule has 0 atom stereocenters. The average Bonchev–Trinajstić information content (AvgIpc) is 2.29. The van der Waals surface area contributed by atoms with Crippen molar-refractivity contribution in [3.63, 3.8) is 0 Å². The summed E-state index contributed by atoms with van der Waals surface area (Å²) in [6, 6.07) is 7.89. The summed E-state index contributed by atoms with van der Waals surface area (Å²) in [4.78, 5) is 12.4. The summed E-state index contributed by atoms with van der Waals surface area (Å²) in [5.41, 5.74) is 0. The van der Waals surface area contributed by atoms with Crippen LogP contribution in [0.1, 0.15) is 19.8 Å². The van der Waals surface area contributed by atoms with E-state index in [1.165, 1.54) is 11.8 Å². The summed E-state index contributed by atoms with van der Waals surface area (Å²) in [6.07, 6.45) is 1.99. The van der Waals surface area contributed by atoms with Crippen LogP contribution in [0.2, 0.25) is 0 Å². The van der Waals surface area contributed by atoms with Gasteiger partial charge < -0.3 is 4.74 Å². The van der Waals surface area contributed by atoms with Gasteiger partial charge in [-0.15, -0.1) is 11.8 Å². The first-order valence-electron chi connectivity index (χ1n) is 5.26. The fourth-order valence-corrected chi connectivity index (χ4v) is 2.01. The lowest BCUT2D eigenvalue weighted by Crippen LogP contribution is -2.08. The highest BCUT2D eigenvalue weighted by molar-refractivity contribution is 9.10. The third-order valence-corrected chi connectivity index (χ3v) is 3.45. The number of carbonyl (C=O) groups excluding carboxylic acids is 1. The van der Waals surface area contributed by atoms with Gasteiger partial charge in [0.15, 0.2) is 0 Å².